The first-order chi connectivity index (χ1) is 7.68. The topological polar surface area (TPSA) is 61.1 Å². The fourth-order valence-electron chi connectivity index (χ4n) is 1.78. The van der Waals surface area contributed by atoms with Crippen molar-refractivity contribution >= 4 is 16.7 Å². The molecule has 0 aromatic heterocycles. The highest BCUT2D eigenvalue weighted by atomic mass is 16.4. The Kier molecular flexibility index (Phi) is 2.88. The lowest BCUT2D eigenvalue weighted by molar-refractivity contribution is -0.138. The van der Waals surface area contributed by atoms with Gasteiger partial charge in [-0.25, -0.2) is 5.73 Å². The summed E-state index contributed by atoms with van der Waals surface area (Å²) in [5.41, 5.74) is 8.36. The highest BCUT2D eigenvalue weighted by molar-refractivity contribution is 5.86. The molecule has 0 saturated heterocycles. The summed E-state index contributed by atoms with van der Waals surface area (Å²) < 4.78 is 0. The number of benzene rings is 2. The van der Waals surface area contributed by atoms with Crippen LogP contribution >= 0.6 is 0 Å². The van der Waals surface area contributed by atoms with Crippen LogP contribution in [0.5, 0.6) is 0 Å². The lowest BCUT2D eigenvalue weighted by Crippen LogP contribution is -2.23. The zero-order valence-electron chi connectivity index (χ0n) is 8.68. The fraction of sp³-hybridized carbons (Fsp3) is 0.154. The molecule has 1 atom stereocenters. The lowest BCUT2D eigenvalue weighted by atomic mass is 9.99. The Balaban J connectivity index is 2.41. The summed E-state index contributed by atoms with van der Waals surface area (Å²) in [6.45, 7) is 0. The van der Waals surface area contributed by atoms with Crippen molar-refractivity contribution in [1.29, 1.82) is 0 Å². The van der Waals surface area contributed by atoms with Crippen LogP contribution in [0.3, 0.4) is 0 Å². The fourth-order valence-corrected chi connectivity index (χ4v) is 1.78. The highest BCUT2D eigenvalue weighted by Crippen LogP contribution is 2.19. The van der Waals surface area contributed by atoms with Gasteiger partial charge in [0.1, 0.15) is 6.04 Å². The molecule has 2 aromatic carbocycles. The van der Waals surface area contributed by atoms with Gasteiger partial charge in [0, 0.05) is 6.42 Å². The number of nitrogens with one attached hydrogen (secondary N) is 1. The SMILES string of the molecule is [NH]C(Cc1cccc2ccccc12)C(=O)O. The van der Waals surface area contributed by atoms with Crippen LogP contribution in [-0.2, 0) is 11.2 Å². The van der Waals surface area contributed by atoms with Crippen LogP contribution in [0.2, 0.25) is 0 Å². The molecule has 1 radical (unpaired) electrons. The van der Waals surface area contributed by atoms with Crippen LogP contribution in [0, 0.1) is 0 Å². The van der Waals surface area contributed by atoms with E-state index in [1.165, 1.54) is 0 Å². The Morgan fingerprint density at radius 2 is 1.88 bits per heavy atom. The van der Waals surface area contributed by atoms with Crippen molar-refractivity contribution in [2.24, 2.45) is 0 Å². The quantitative estimate of drug-likeness (QED) is 0.850. The van der Waals surface area contributed by atoms with E-state index in [4.69, 9.17) is 10.8 Å². The van der Waals surface area contributed by atoms with Gasteiger partial charge in [-0.2, -0.15) is 0 Å². The van der Waals surface area contributed by atoms with E-state index in [0.717, 1.165) is 16.3 Å². The summed E-state index contributed by atoms with van der Waals surface area (Å²) in [6, 6.07) is 12.5. The largest absolute Gasteiger partial charge is 0.480 e. The van der Waals surface area contributed by atoms with Crippen LogP contribution in [0.4, 0.5) is 0 Å². The second kappa shape index (κ2) is 4.33. The Morgan fingerprint density at radius 3 is 2.62 bits per heavy atom. The summed E-state index contributed by atoms with van der Waals surface area (Å²) in [5.74, 6) is -1.08. The summed E-state index contributed by atoms with van der Waals surface area (Å²) in [6.07, 6.45) is 0.247. The predicted molar refractivity (Wildman–Crippen MR) is 62.2 cm³/mol. The minimum Gasteiger partial charge on any atom is -0.480 e. The number of hydrogen-bond acceptors (Lipinski definition) is 1. The Morgan fingerprint density at radius 1 is 1.19 bits per heavy atom. The zero-order chi connectivity index (χ0) is 11.5. The molecule has 1 unspecified atom stereocenters. The molecule has 0 aliphatic rings. The van der Waals surface area contributed by atoms with Crippen molar-refractivity contribution in [2.75, 3.05) is 0 Å². The van der Waals surface area contributed by atoms with Crippen LogP contribution < -0.4 is 5.73 Å². The van der Waals surface area contributed by atoms with E-state index in [1.807, 2.05) is 42.5 Å². The molecule has 2 N–H and O–H groups in total. The summed E-state index contributed by atoms with van der Waals surface area (Å²) in [7, 11) is 0. The Bertz CT molecular complexity index is 517. The van der Waals surface area contributed by atoms with Gasteiger partial charge in [-0.3, -0.25) is 4.79 Å². The average Bonchev–Trinajstić information content (AvgIpc) is 2.29. The molecule has 3 heteroatoms. The van der Waals surface area contributed by atoms with E-state index in [0.29, 0.717) is 0 Å². The van der Waals surface area contributed by atoms with Crippen molar-refractivity contribution in [3.63, 3.8) is 0 Å². The molecule has 16 heavy (non-hydrogen) atoms. The van der Waals surface area contributed by atoms with Gasteiger partial charge in [0.05, 0.1) is 0 Å². The normalized spacial score (nSPS) is 12.6. The Labute approximate surface area is 93.5 Å². The first-order valence-corrected chi connectivity index (χ1v) is 5.09. The van der Waals surface area contributed by atoms with E-state index in [9.17, 15) is 4.79 Å². The maximum atomic E-state index is 10.7. The standard InChI is InChI=1S/C13H12NO2/c14-12(13(15)16)8-10-6-3-5-9-4-1-2-7-11(9)10/h1-7,12,14H,8H2,(H,15,16). The van der Waals surface area contributed by atoms with Crippen molar-refractivity contribution in [3.8, 4) is 0 Å². The summed E-state index contributed by atoms with van der Waals surface area (Å²) in [4.78, 5) is 10.7. The second-order valence-corrected chi connectivity index (χ2v) is 3.73. The predicted octanol–water partition coefficient (Wildman–Crippen LogP) is 2.12. The maximum Gasteiger partial charge on any atom is 0.322 e. The molecular weight excluding hydrogens is 202 g/mol. The molecule has 81 valence electrons. The summed E-state index contributed by atoms with van der Waals surface area (Å²) >= 11 is 0. The third kappa shape index (κ3) is 2.04. The first kappa shape index (κ1) is 10.6. The number of hydrogen-bond donors (Lipinski definition) is 1. The molecule has 0 amide bonds. The molecule has 0 bridgehead atoms. The number of carboxylic acid groups (broad SMARTS) is 1. The molecule has 3 nitrogen and oxygen atoms in total. The number of rotatable bonds is 3. The molecule has 0 saturated carbocycles. The monoisotopic (exact) mass is 214 g/mol. The van der Waals surface area contributed by atoms with Gasteiger partial charge >= 0.3 is 5.97 Å². The van der Waals surface area contributed by atoms with Gasteiger partial charge in [0.15, 0.2) is 0 Å². The van der Waals surface area contributed by atoms with Crippen LogP contribution in [0.1, 0.15) is 5.56 Å². The third-order valence-electron chi connectivity index (χ3n) is 2.60. The minimum absolute atomic E-state index is 0.247. The van der Waals surface area contributed by atoms with Crippen LogP contribution in [-0.4, -0.2) is 17.1 Å². The smallest absolute Gasteiger partial charge is 0.322 e. The molecule has 0 fully saturated rings. The number of aliphatic carboxylic acids is 1. The number of carbonyl (C=O) groups is 1. The molecule has 2 rings (SSSR count). The number of fused-ring (bicyclic) bond motifs is 1. The second-order valence-electron chi connectivity index (χ2n) is 3.73. The Hall–Kier alpha value is -1.87. The highest BCUT2D eigenvalue weighted by Gasteiger charge is 2.14. The van der Waals surface area contributed by atoms with Gasteiger partial charge in [0.2, 0.25) is 0 Å². The summed E-state index contributed by atoms with van der Waals surface area (Å²) in [5, 5.41) is 10.8. The van der Waals surface area contributed by atoms with Crippen LogP contribution in [0.25, 0.3) is 10.8 Å². The van der Waals surface area contributed by atoms with Gasteiger partial charge in [-0.05, 0) is 16.3 Å². The van der Waals surface area contributed by atoms with E-state index >= 15 is 0 Å². The molecular formula is C13H12NO2. The van der Waals surface area contributed by atoms with Gasteiger partial charge < -0.3 is 5.11 Å². The molecule has 0 aliphatic heterocycles. The minimum atomic E-state index is -1.09. The molecule has 0 aliphatic carbocycles. The van der Waals surface area contributed by atoms with Crippen molar-refractivity contribution in [3.05, 3.63) is 48.0 Å². The van der Waals surface area contributed by atoms with Gasteiger partial charge in [0.25, 0.3) is 0 Å². The van der Waals surface area contributed by atoms with E-state index < -0.39 is 12.0 Å². The average molecular weight is 214 g/mol. The maximum absolute atomic E-state index is 10.7. The van der Waals surface area contributed by atoms with Crippen molar-refractivity contribution in [1.82, 2.24) is 5.73 Å². The molecule has 0 spiro atoms. The van der Waals surface area contributed by atoms with Crippen molar-refractivity contribution < 1.29 is 9.90 Å². The van der Waals surface area contributed by atoms with Gasteiger partial charge in [-0.15, -0.1) is 0 Å². The van der Waals surface area contributed by atoms with Gasteiger partial charge in [-0.1, -0.05) is 42.5 Å². The van der Waals surface area contributed by atoms with E-state index in [2.05, 4.69) is 0 Å². The lowest BCUT2D eigenvalue weighted by Gasteiger charge is -2.08. The van der Waals surface area contributed by atoms with Crippen molar-refractivity contribution in [2.45, 2.75) is 12.5 Å². The van der Waals surface area contributed by atoms with E-state index in [1.54, 1.807) is 0 Å². The number of carboxylic acids is 1. The molecule has 2 aromatic rings. The molecule has 0 heterocycles. The first-order valence-electron chi connectivity index (χ1n) is 5.09. The zero-order valence-corrected chi connectivity index (χ0v) is 8.68. The van der Waals surface area contributed by atoms with Crippen LogP contribution in [0.15, 0.2) is 42.5 Å². The van der Waals surface area contributed by atoms with E-state index in [-0.39, 0.29) is 6.42 Å². The third-order valence-corrected chi connectivity index (χ3v) is 2.60.